The van der Waals surface area contributed by atoms with Crippen LogP contribution in [0.2, 0.25) is 0 Å². The molecule has 108 valence electrons. The first-order chi connectivity index (χ1) is 9.52. The Bertz CT molecular complexity index is 530. The van der Waals surface area contributed by atoms with Crippen LogP contribution in [0.4, 0.5) is 0 Å². The molecule has 1 aliphatic heterocycles. The summed E-state index contributed by atoms with van der Waals surface area (Å²) in [7, 11) is 1.38. The van der Waals surface area contributed by atoms with E-state index in [2.05, 4.69) is 0 Å². The predicted octanol–water partition coefficient (Wildman–Crippen LogP) is 2.03. The predicted molar refractivity (Wildman–Crippen MR) is 80.1 cm³/mol. The van der Waals surface area contributed by atoms with Gasteiger partial charge in [0.25, 0.3) is 5.91 Å². The molecular weight excluding hydrogens is 274 g/mol. The van der Waals surface area contributed by atoms with E-state index in [-0.39, 0.29) is 17.1 Å². The van der Waals surface area contributed by atoms with E-state index < -0.39 is 0 Å². The molecule has 5 heteroatoms. The average Bonchev–Trinajstić information content (AvgIpc) is 2.48. The van der Waals surface area contributed by atoms with Crippen LogP contribution >= 0.6 is 11.8 Å². The number of ether oxygens (including phenoxy) is 1. The molecule has 0 unspecified atom stereocenters. The third-order valence-corrected chi connectivity index (χ3v) is 4.73. The first-order valence-corrected chi connectivity index (χ1v) is 7.63. The van der Waals surface area contributed by atoms with Crippen molar-refractivity contribution in [2.45, 2.75) is 19.1 Å². The fourth-order valence-corrected chi connectivity index (χ4v) is 3.29. The SMILES string of the molecule is COC(=O)[C@@H]1CN(C(=O)c2ccc(C)c(C)c2)CCS1. The Labute approximate surface area is 123 Å². The Morgan fingerprint density at radius 3 is 2.70 bits per heavy atom. The molecule has 1 aliphatic rings. The number of rotatable bonds is 2. The first kappa shape index (κ1) is 14.9. The van der Waals surface area contributed by atoms with Gasteiger partial charge in [-0.2, -0.15) is 0 Å². The zero-order valence-corrected chi connectivity index (χ0v) is 12.8. The van der Waals surface area contributed by atoms with Crippen molar-refractivity contribution in [3.05, 3.63) is 34.9 Å². The third-order valence-electron chi connectivity index (χ3n) is 3.57. The molecule has 2 rings (SSSR count). The van der Waals surface area contributed by atoms with Crippen LogP contribution in [0.3, 0.4) is 0 Å². The van der Waals surface area contributed by atoms with Crippen LogP contribution in [0.25, 0.3) is 0 Å². The highest BCUT2D eigenvalue weighted by Crippen LogP contribution is 2.22. The summed E-state index contributed by atoms with van der Waals surface area (Å²) >= 11 is 1.55. The van der Waals surface area contributed by atoms with E-state index >= 15 is 0 Å². The van der Waals surface area contributed by atoms with Gasteiger partial charge in [-0.25, -0.2) is 0 Å². The summed E-state index contributed by atoms with van der Waals surface area (Å²) in [5.74, 6) is 0.492. The van der Waals surface area contributed by atoms with Gasteiger partial charge < -0.3 is 9.64 Å². The zero-order valence-electron chi connectivity index (χ0n) is 12.0. The van der Waals surface area contributed by atoms with Crippen molar-refractivity contribution in [2.75, 3.05) is 26.0 Å². The molecule has 1 amide bonds. The molecule has 0 radical (unpaired) electrons. The van der Waals surface area contributed by atoms with Gasteiger partial charge in [0, 0.05) is 24.4 Å². The average molecular weight is 293 g/mol. The zero-order chi connectivity index (χ0) is 14.7. The van der Waals surface area contributed by atoms with Gasteiger partial charge >= 0.3 is 5.97 Å². The lowest BCUT2D eigenvalue weighted by molar-refractivity contribution is -0.140. The second-order valence-electron chi connectivity index (χ2n) is 4.93. The highest BCUT2D eigenvalue weighted by Gasteiger charge is 2.30. The van der Waals surface area contributed by atoms with Gasteiger partial charge in [0.15, 0.2) is 0 Å². The molecule has 0 spiro atoms. The molecule has 0 bridgehead atoms. The van der Waals surface area contributed by atoms with Crippen molar-refractivity contribution in [2.24, 2.45) is 0 Å². The summed E-state index contributed by atoms with van der Waals surface area (Å²) in [4.78, 5) is 25.8. The van der Waals surface area contributed by atoms with E-state index in [9.17, 15) is 9.59 Å². The minimum atomic E-state index is -0.274. The molecular formula is C15H19NO3S. The molecule has 0 N–H and O–H groups in total. The van der Waals surface area contributed by atoms with Crippen molar-refractivity contribution < 1.29 is 14.3 Å². The van der Waals surface area contributed by atoms with E-state index in [0.29, 0.717) is 18.7 Å². The summed E-state index contributed by atoms with van der Waals surface area (Å²) in [6, 6.07) is 5.71. The van der Waals surface area contributed by atoms with Gasteiger partial charge in [0.2, 0.25) is 0 Å². The van der Waals surface area contributed by atoms with E-state index in [1.165, 1.54) is 12.7 Å². The van der Waals surface area contributed by atoms with E-state index in [0.717, 1.165) is 11.3 Å². The molecule has 0 saturated carbocycles. The number of benzene rings is 1. The van der Waals surface area contributed by atoms with Crippen LogP contribution in [0, 0.1) is 13.8 Å². The quantitative estimate of drug-likeness (QED) is 0.783. The Morgan fingerprint density at radius 1 is 1.30 bits per heavy atom. The second-order valence-corrected chi connectivity index (χ2v) is 6.24. The van der Waals surface area contributed by atoms with Gasteiger partial charge in [0.05, 0.1) is 7.11 Å². The normalized spacial score (nSPS) is 18.8. The third kappa shape index (κ3) is 3.15. The first-order valence-electron chi connectivity index (χ1n) is 6.59. The number of amides is 1. The molecule has 1 fully saturated rings. The summed E-state index contributed by atoms with van der Waals surface area (Å²) in [5.41, 5.74) is 2.96. The van der Waals surface area contributed by atoms with Crippen LogP contribution in [0.5, 0.6) is 0 Å². The number of carbonyl (C=O) groups excluding carboxylic acids is 2. The largest absolute Gasteiger partial charge is 0.468 e. The van der Waals surface area contributed by atoms with Crippen LogP contribution < -0.4 is 0 Å². The van der Waals surface area contributed by atoms with Gasteiger partial charge in [0.1, 0.15) is 5.25 Å². The number of nitrogens with zero attached hydrogens (tertiary/aromatic N) is 1. The highest BCUT2D eigenvalue weighted by atomic mass is 32.2. The van der Waals surface area contributed by atoms with Crippen LogP contribution in [-0.4, -0.2) is 48.0 Å². The molecule has 1 aromatic carbocycles. The Kier molecular flexibility index (Phi) is 4.70. The second kappa shape index (κ2) is 6.31. The number of hydrogen-bond acceptors (Lipinski definition) is 4. The van der Waals surface area contributed by atoms with Crippen LogP contribution in [0.1, 0.15) is 21.5 Å². The lowest BCUT2D eigenvalue weighted by Gasteiger charge is -2.31. The van der Waals surface area contributed by atoms with Gasteiger partial charge in [-0.1, -0.05) is 6.07 Å². The van der Waals surface area contributed by atoms with E-state index in [1.54, 1.807) is 16.7 Å². The minimum absolute atomic E-state index is 0.0118. The molecule has 20 heavy (non-hydrogen) atoms. The summed E-state index contributed by atoms with van der Waals surface area (Å²) in [6.07, 6.45) is 0. The molecule has 0 aliphatic carbocycles. The van der Waals surface area contributed by atoms with Crippen molar-refractivity contribution in [1.82, 2.24) is 4.90 Å². The minimum Gasteiger partial charge on any atom is -0.468 e. The number of esters is 1. The van der Waals surface area contributed by atoms with Crippen molar-refractivity contribution in [3.8, 4) is 0 Å². The van der Waals surface area contributed by atoms with Gasteiger partial charge in [-0.3, -0.25) is 9.59 Å². The number of aryl methyl sites for hydroxylation is 2. The molecule has 1 atom stereocenters. The molecule has 1 aromatic rings. The van der Waals surface area contributed by atoms with Crippen LogP contribution in [0.15, 0.2) is 18.2 Å². The maximum Gasteiger partial charge on any atom is 0.320 e. The van der Waals surface area contributed by atoms with Crippen molar-refractivity contribution in [3.63, 3.8) is 0 Å². The van der Waals surface area contributed by atoms with Crippen molar-refractivity contribution in [1.29, 1.82) is 0 Å². The number of thioether (sulfide) groups is 1. The fraction of sp³-hybridized carbons (Fsp3) is 0.467. The molecule has 1 saturated heterocycles. The topological polar surface area (TPSA) is 46.6 Å². The van der Waals surface area contributed by atoms with Gasteiger partial charge in [-0.15, -0.1) is 11.8 Å². The van der Waals surface area contributed by atoms with Crippen molar-refractivity contribution >= 4 is 23.6 Å². The lowest BCUT2D eigenvalue weighted by atomic mass is 10.1. The Morgan fingerprint density at radius 2 is 2.05 bits per heavy atom. The maximum atomic E-state index is 12.5. The number of carbonyl (C=O) groups is 2. The fourth-order valence-electron chi connectivity index (χ4n) is 2.16. The smallest absolute Gasteiger partial charge is 0.320 e. The van der Waals surface area contributed by atoms with E-state index in [4.69, 9.17) is 4.74 Å². The van der Waals surface area contributed by atoms with Gasteiger partial charge in [-0.05, 0) is 37.1 Å². The lowest BCUT2D eigenvalue weighted by Crippen LogP contribution is -2.45. The van der Waals surface area contributed by atoms with Crippen LogP contribution in [-0.2, 0) is 9.53 Å². The Hall–Kier alpha value is -1.49. The maximum absolute atomic E-state index is 12.5. The summed E-state index contributed by atoms with van der Waals surface area (Å²) < 4.78 is 4.76. The molecule has 1 heterocycles. The highest BCUT2D eigenvalue weighted by molar-refractivity contribution is 8.00. The number of hydrogen-bond donors (Lipinski definition) is 0. The molecule has 4 nitrogen and oxygen atoms in total. The standard InChI is InChI=1S/C15H19NO3S/c1-10-4-5-12(8-11(10)2)14(17)16-6-7-20-13(9-16)15(18)19-3/h4-5,8,13H,6-7,9H2,1-3H3/t13-/m0/s1. The summed E-state index contributed by atoms with van der Waals surface area (Å²) in [6.45, 7) is 5.11. The summed E-state index contributed by atoms with van der Waals surface area (Å²) in [5, 5.41) is -0.274. The van der Waals surface area contributed by atoms with E-state index in [1.807, 2.05) is 32.0 Å². The monoisotopic (exact) mass is 293 g/mol. The number of methoxy groups -OCH3 is 1. The molecule has 0 aromatic heterocycles. The Balaban J connectivity index is 2.12.